The number of β-amino-alcohol motifs (C(OH)–C–C–N with tert-alkyl or cyclic N) is 1. The quantitative estimate of drug-likeness (QED) is 0.729. The molecule has 1 aromatic rings. The number of nitrogens with zero attached hydrogens (tertiary/aromatic N) is 3. The van der Waals surface area contributed by atoms with E-state index in [4.69, 9.17) is 5.73 Å². The minimum Gasteiger partial charge on any atom is -0.396 e. The van der Waals surface area contributed by atoms with Gasteiger partial charge in [-0.2, -0.15) is 5.10 Å². The predicted molar refractivity (Wildman–Crippen MR) is 58.3 cm³/mol. The van der Waals surface area contributed by atoms with E-state index in [9.17, 15) is 5.11 Å². The van der Waals surface area contributed by atoms with Crippen LogP contribution in [0.3, 0.4) is 0 Å². The van der Waals surface area contributed by atoms with E-state index in [0.717, 1.165) is 19.6 Å². The van der Waals surface area contributed by atoms with E-state index in [1.165, 1.54) is 12.8 Å². The zero-order chi connectivity index (χ0) is 10.7. The van der Waals surface area contributed by atoms with Crippen LogP contribution in [0.15, 0.2) is 12.4 Å². The largest absolute Gasteiger partial charge is 0.396 e. The van der Waals surface area contributed by atoms with Crippen molar-refractivity contribution in [2.45, 2.75) is 25.5 Å². The van der Waals surface area contributed by atoms with Gasteiger partial charge >= 0.3 is 0 Å². The lowest BCUT2D eigenvalue weighted by atomic mass is 10.3. The summed E-state index contributed by atoms with van der Waals surface area (Å²) in [7, 11) is 0. The second-order valence-electron chi connectivity index (χ2n) is 4.16. The summed E-state index contributed by atoms with van der Waals surface area (Å²) in [6.45, 7) is 3.48. The highest BCUT2D eigenvalue weighted by Crippen LogP contribution is 2.08. The molecule has 0 unspecified atom stereocenters. The molecule has 2 rings (SSSR count). The molecule has 0 spiro atoms. The Kier molecular flexibility index (Phi) is 3.23. The predicted octanol–water partition coefficient (Wildman–Crippen LogP) is -0.0780. The van der Waals surface area contributed by atoms with Gasteiger partial charge in [-0.1, -0.05) is 0 Å². The molecule has 15 heavy (non-hydrogen) atoms. The van der Waals surface area contributed by atoms with Crippen molar-refractivity contribution in [3.63, 3.8) is 0 Å². The van der Waals surface area contributed by atoms with Crippen molar-refractivity contribution in [2.75, 3.05) is 25.4 Å². The standard InChI is InChI=1S/C10H18N4O/c11-9-5-12-14(6-9)8-10(15)7-13-3-1-2-4-13/h5-6,10,15H,1-4,7-8,11H2/t10-/m1/s1. The van der Waals surface area contributed by atoms with Gasteiger partial charge in [0.15, 0.2) is 0 Å². The van der Waals surface area contributed by atoms with Crippen molar-refractivity contribution in [1.29, 1.82) is 0 Å². The van der Waals surface area contributed by atoms with Crippen LogP contribution >= 0.6 is 0 Å². The normalized spacial score (nSPS) is 19.5. The Hall–Kier alpha value is -1.07. The fourth-order valence-electron chi connectivity index (χ4n) is 2.02. The summed E-state index contributed by atoms with van der Waals surface area (Å²) in [6, 6.07) is 0. The molecule has 1 atom stereocenters. The third-order valence-electron chi connectivity index (χ3n) is 2.72. The van der Waals surface area contributed by atoms with Crippen LogP contribution in [0.4, 0.5) is 5.69 Å². The molecule has 1 aliphatic heterocycles. The fourth-order valence-corrected chi connectivity index (χ4v) is 2.02. The third-order valence-corrected chi connectivity index (χ3v) is 2.72. The van der Waals surface area contributed by atoms with Crippen LogP contribution in [0.5, 0.6) is 0 Å². The summed E-state index contributed by atoms with van der Waals surface area (Å²) in [6.07, 6.45) is 5.49. The number of nitrogens with two attached hydrogens (primary N) is 1. The lowest BCUT2D eigenvalue weighted by Crippen LogP contribution is -2.32. The molecule has 5 heteroatoms. The summed E-state index contributed by atoms with van der Waals surface area (Å²) in [4.78, 5) is 2.29. The second-order valence-corrected chi connectivity index (χ2v) is 4.16. The van der Waals surface area contributed by atoms with Gasteiger partial charge in [0.2, 0.25) is 0 Å². The smallest absolute Gasteiger partial charge is 0.0862 e. The summed E-state index contributed by atoms with van der Waals surface area (Å²) in [5, 5.41) is 13.9. The average Bonchev–Trinajstić information content (AvgIpc) is 2.77. The van der Waals surface area contributed by atoms with Gasteiger partial charge in [0, 0.05) is 12.7 Å². The van der Waals surface area contributed by atoms with Crippen LogP contribution in [-0.2, 0) is 6.54 Å². The summed E-state index contributed by atoms with van der Waals surface area (Å²) in [5.74, 6) is 0. The molecule has 84 valence electrons. The highest BCUT2D eigenvalue weighted by atomic mass is 16.3. The third kappa shape index (κ3) is 2.94. The minimum atomic E-state index is -0.359. The lowest BCUT2D eigenvalue weighted by Gasteiger charge is -2.19. The highest BCUT2D eigenvalue weighted by molar-refractivity contribution is 5.30. The first-order valence-corrected chi connectivity index (χ1v) is 5.42. The number of rotatable bonds is 4. The van der Waals surface area contributed by atoms with Crippen LogP contribution < -0.4 is 5.73 Å². The van der Waals surface area contributed by atoms with Crippen molar-refractivity contribution in [1.82, 2.24) is 14.7 Å². The van der Waals surface area contributed by atoms with E-state index in [0.29, 0.717) is 12.2 Å². The maximum atomic E-state index is 9.83. The Bertz CT molecular complexity index is 306. The molecule has 0 aliphatic carbocycles. The van der Waals surface area contributed by atoms with Gasteiger partial charge in [-0.3, -0.25) is 4.68 Å². The van der Waals surface area contributed by atoms with Crippen molar-refractivity contribution in [3.05, 3.63) is 12.4 Å². The molecule has 5 nitrogen and oxygen atoms in total. The molecular formula is C10H18N4O. The number of aliphatic hydroxyl groups is 1. The summed E-state index contributed by atoms with van der Waals surface area (Å²) < 4.78 is 1.69. The Morgan fingerprint density at radius 1 is 1.40 bits per heavy atom. The number of nitrogen functional groups attached to an aromatic ring is 1. The van der Waals surface area contributed by atoms with E-state index >= 15 is 0 Å². The van der Waals surface area contributed by atoms with E-state index in [-0.39, 0.29) is 6.10 Å². The number of anilines is 1. The minimum absolute atomic E-state index is 0.359. The topological polar surface area (TPSA) is 67.3 Å². The number of hydrogen-bond acceptors (Lipinski definition) is 4. The molecule has 3 N–H and O–H groups in total. The summed E-state index contributed by atoms with van der Waals surface area (Å²) >= 11 is 0. The van der Waals surface area contributed by atoms with Gasteiger partial charge in [-0.25, -0.2) is 0 Å². The number of aromatic nitrogens is 2. The molecule has 1 aliphatic rings. The maximum absolute atomic E-state index is 9.83. The Morgan fingerprint density at radius 2 is 2.13 bits per heavy atom. The van der Waals surface area contributed by atoms with E-state index in [1.807, 2.05) is 0 Å². The molecule has 0 bridgehead atoms. The number of hydrogen-bond donors (Lipinski definition) is 2. The molecule has 0 amide bonds. The van der Waals surface area contributed by atoms with Crippen LogP contribution in [0.25, 0.3) is 0 Å². The van der Waals surface area contributed by atoms with Gasteiger partial charge in [-0.15, -0.1) is 0 Å². The monoisotopic (exact) mass is 210 g/mol. The lowest BCUT2D eigenvalue weighted by molar-refractivity contribution is 0.106. The van der Waals surface area contributed by atoms with E-state index < -0.39 is 0 Å². The molecular weight excluding hydrogens is 192 g/mol. The Morgan fingerprint density at radius 3 is 2.73 bits per heavy atom. The summed E-state index contributed by atoms with van der Waals surface area (Å²) in [5.41, 5.74) is 6.18. The van der Waals surface area contributed by atoms with Crippen LogP contribution in [0, 0.1) is 0 Å². The van der Waals surface area contributed by atoms with Gasteiger partial charge in [-0.05, 0) is 25.9 Å². The van der Waals surface area contributed by atoms with Crippen molar-refractivity contribution < 1.29 is 5.11 Å². The van der Waals surface area contributed by atoms with Crippen LogP contribution in [0.1, 0.15) is 12.8 Å². The van der Waals surface area contributed by atoms with E-state index in [1.54, 1.807) is 17.1 Å². The highest BCUT2D eigenvalue weighted by Gasteiger charge is 2.16. The molecule has 0 aromatic carbocycles. The second kappa shape index (κ2) is 4.63. The van der Waals surface area contributed by atoms with Crippen LogP contribution in [-0.4, -0.2) is 45.5 Å². The molecule has 0 radical (unpaired) electrons. The zero-order valence-electron chi connectivity index (χ0n) is 8.84. The van der Waals surface area contributed by atoms with Gasteiger partial charge in [0.25, 0.3) is 0 Å². The van der Waals surface area contributed by atoms with Gasteiger partial charge in [0.1, 0.15) is 0 Å². The maximum Gasteiger partial charge on any atom is 0.0862 e. The van der Waals surface area contributed by atoms with Crippen molar-refractivity contribution in [3.8, 4) is 0 Å². The SMILES string of the molecule is Nc1cnn(C[C@H](O)CN2CCCC2)c1. The molecule has 2 heterocycles. The van der Waals surface area contributed by atoms with E-state index in [2.05, 4.69) is 10.00 Å². The molecule has 1 aromatic heterocycles. The molecule has 1 fully saturated rings. The Balaban J connectivity index is 1.78. The number of likely N-dealkylation sites (tertiary alicyclic amines) is 1. The first-order valence-electron chi connectivity index (χ1n) is 5.42. The van der Waals surface area contributed by atoms with Crippen molar-refractivity contribution in [2.24, 2.45) is 0 Å². The van der Waals surface area contributed by atoms with Gasteiger partial charge in [0.05, 0.1) is 24.5 Å². The molecule has 1 saturated heterocycles. The average molecular weight is 210 g/mol. The first-order chi connectivity index (χ1) is 7.24. The Labute approximate surface area is 89.5 Å². The van der Waals surface area contributed by atoms with Crippen molar-refractivity contribution >= 4 is 5.69 Å². The van der Waals surface area contributed by atoms with Gasteiger partial charge < -0.3 is 15.7 Å². The molecule has 0 saturated carbocycles. The zero-order valence-corrected chi connectivity index (χ0v) is 8.84. The first kappa shape index (κ1) is 10.4. The fraction of sp³-hybridized carbons (Fsp3) is 0.700. The van der Waals surface area contributed by atoms with Crippen LogP contribution in [0.2, 0.25) is 0 Å². The number of aliphatic hydroxyl groups excluding tert-OH is 1.